The molecule has 0 saturated carbocycles. The summed E-state index contributed by atoms with van der Waals surface area (Å²) in [5.41, 5.74) is 0. The molecule has 0 fully saturated rings. The van der Waals surface area contributed by atoms with Gasteiger partial charge >= 0.3 is 0 Å². The first-order valence-corrected chi connectivity index (χ1v) is 4.79. The molecule has 3 nitrogen and oxygen atoms in total. The predicted octanol–water partition coefficient (Wildman–Crippen LogP) is 1.84. The van der Waals surface area contributed by atoms with Crippen LogP contribution in [0, 0.1) is 11.3 Å². The third-order valence-electron chi connectivity index (χ3n) is 1.56. The molecule has 68 valence electrons. The van der Waals surface area contributed by atoms with Gasteiger partial charge in [-0.2, -0.15) is 5.26 Å². The van der Waals surface area contributed by atoms with Crippen LogP contribution in [-0.2, 0) is 4.79 Å². The number of hydrogen-bond acceptors (Lipinski definition) is 3. The molecule has 0 aliphatic heterocycles. The topological polar surface area (TPSA) is 52.9 Å². The second kappa shape index (κ2) is 4.63. The van der Waals surface area contributed by atoms with Crippen LogP contribution in [0.4, 0.5) is 0 Å². The highest BCUT2D eigenvalue weighted by Crippen LogP contribution is 2.21. The first kappa shape index (κ1) is 9.75. The summed E-state index contributed by atoms with van der Waals surface area (Å²) in [6.45, 7) is 1.46. The third-order valence-corrected chi connectivity index (χ3v) is 2.55. The molecule has 1 heterocycles. The van der Waals surface area contributed by atoms with Gasteiger partial charge in [-0.25, -0.2) is 0 Å². The Morgan fingerprint density at radius 3 is 3.08 bits per heavy atom. The van der Waals surface area contributed by atoms with Crippen molar-refractivity contribution in [3.63, 3.8) is 0 Å². The lowest BCUT2D eigenvalue weighted by Crippen LogP contribution is -2.24. The van der Waals surface area contributed by atoms with Gasteiger partial charge < -0.3 is 5.32 Å². The molecule has 0 spiro atoms. The molecule has 1 aromatic rings. The number of amides is 1. The highest BCUT2D eigenvalue weighted by Gasteiger charge is 2.12. The second-order valence-corrected chi connectivity index (χ2v) is 3.61. The SMILES string of the molecule is CC(=O)NC(CC#N)c1cccs1. The van der Waals surface area contributed by atoms with Crippen molar-refractivity contribution in [3.05, 3.63) is 22.4 Å². The number of rotatable bonds is 3. The summed E-state index contributed by atoms with van der Waals surface area (Å²) in [7, 11) is 0. The van der Waals surface area contributed by atoms with Gasteiger partial charge in [-0.05, 0) is 11.4 Å². The molecule has 0 aliphatic rings. The summed E-state index contributed by atoms with van der Waals surface area (Å²) in [4.78, 5) is 11.8. The fourth-order valence-electron chi connectivity index (χ4n) is 1.05. The average Bonchev–Trinajstić information content (AvgIpc) is 2.54. The monoisotopic (exact) mass is 194 g/mol. The number of thiophene rings is 1. The highest BCUT2D eigenvalue weighted by atomic mass is 32.1. The Morgan fingerprint density at radius 1 is 1.85 bits per heavy atom. The average molecular weight is 194 g/mol. The van der Waals surface area contributed by atoms with E-state index in [1.807, 2.05) is 17.5 Å². The molecule has 0 radical (unpaired) electrons. The van der Waals surface area contributed by atoms with Crippen molar-refractivity contribution in [1.82, 2.24) is 5.32 Å². The van der Waals surface area contributed by atoms with Crippen LogP contribution < -0.4 is 5.32 Å². The van der Waals surface area contributed by atoms with Crippen molar-refractivity contribution in [2.45, 2.75) is 19.4 Å². The number of hydrogen-bond donors (Lipinski definition) is 1. The molecule has 1 N–H and O–H groups in total. The van der Waals surface area contributed by atoms with E-state index in [9.17, 15) is 4.79 Å². The van der Waals surface area contributed by atoms with Crippen LogP contribution in [0.1, 0.15) is 24.3 Å². The molecule has 1 amide bonds. The fraction of sp³-hybridized carbons (Fsp3) is 0.333. The van der Waals surface area contributed by atoms with Crippen LogP contribution in [-0.4, -0.2) is 5.91 Å². The minimum Gasteiger partial charge on any atom is -0.348 e. The Labute approximate surface area is 81.0 Å². The van der Waals surface area contributed by atoms with E-state index in [2.05, 4.69) is 11.4 Å². The maximum absolute atomic E-state index is 10.8. The van der Waals surface area contributed by atoms with Crippen LogP contribution in [0.25, 0.3) is 0 Å². The van der Waals surface area contributed by atoms with Gasteiger partial charge in [0.05, 0.1) is 18.5 Å². The highest BCUT2D eigenvalue weighted by molar-refractivity contribution is 7.10. The molecular formula is C9H10N2OS. The van der Waals surface area contributed by atoms with Gasteiger partial charge in [-0.1, -0.05) is 6.07 Å². The lowest BCUT2D eigenvalue weighted by Gasteiger charge is -2.11. The van der Waals surface area contributed by atoms with Gasteiger partial charge in [0.25, 0.3) is 0 Å². The molecule has 1 rings (SSSR count). The molecule has 0 aromatic carbocycles. The third kappa shape index (κ3) is 2.88. The van der Waals surface area contributed by atoms with Crippen LogP contribution in [0.2, 0.25) is 0 Å². The molecule has 1 atom stereocenters. The number of nitrogens with zero attached hydrogens (tertiary/aromatic N) is 1. The minimum absolute atomic E-state index is 0.103. The molecular weight excluding hydrogens is 184 g/mol. The van der Waals surface area contributed by atoms with Gasteiger partial charge in [-0.15, -0.1) is 11.3 Å². The normalized spacial score (nSPS) is 11.7. The summed E-state index contributed by atoms with van der Waals surface area (Å²) in [5.74, 6) is -0.103. The Morgan fingerprint density at radius 2 is 2.62 bits per heavy atom. The minimum atomic E-state index is -0.150. The molecule has 1 unspecified atom stereocenters. The van der Waals surface area contributed by atoms with Gasteiger partial charge in [0, 0.05) is 11.8 Å². The standard InChI is InChI=1S/C9H10N2OS/c1-7(12)11-8(4-5-10)9-3-2-6-13-9/h2-3,6,8H,4H2,1H3,(H,11,12). The van der Waals surface area contributed by atoms with Crippen molar-refractivity contribution in [1.29, 1.82) is 5.26 Å². The number of carbonyl (C=O) groups is 1. The number of nitrogens with one attached hydrogen (secondary N) is 1. The van der Waals surface area contributed by atoms with E-state index in [4.69, 9.17) is 5.26 Å². The summed E-state index contributed by atoms with van der Waals surface area (Å²) >= 11 is 1.55. The molecule has 1 aromatic heterocycles. The van der Waals surface area contributed by atoms with Crippen molar-refractivity contribution >= 4 is 17.2 Å². The predicted molar refractivity (Wildman–Crippen MR) is 51.1 cm³/mol. The van der Waals surface area contributed by atoms with Crippen molar-refractivity contribution in [2.75, 3.05) is 0 Å². The second-order valence-electron chi connectivity index (χ2n) is 2.63. The first-order valence-electron chi connectivity index (χ1n) is 3.91. The van der Waals surface area contributed by atoms with Crippen molar-refractivity contribution in [3.8, 4) is 6.07 Å². The van der Waals surface area contributed by atoms with Gasteiger partial charge in [-0.3, -0.25) is 4.79 Å². The van der Waals surface area contributed by atoms with E-state index >= 15 is 0 Å². The maximum Gasteiger partial charge on any atom is 0.217 e. The lowest BCUT2D eigenvalue weighted by atomic mass is 10.2. The first-order chi connectivity index (χ1) is 6.24. The summed E-state index contributed by atoms with van der Waals surface area (Å²) < 4.78 is 0. The number of carbonyl (C=O) groups excluding carboxylic acids is 1. The summed E-state index contributed by atoms with van der Waals surface area (Å²) in [6, 6.07) is 5.73. The fourth-order valence-corrected chi connectivity index (χ4v) is 1.83. The van der Waals surface area contributed by atoms with Gasteiger partial charge in [0.15, 0.2) is 0 Å². The van der Waals surface area contributed by atoms with Crippen LogP contribution in [0.3, 0.4) is 0 Å². The molecule has 0 aliphatic carbocycles. The van der Waals surface area contributed by atoms with Crippen molar-refractivity contribution < 1.29 is 4.79 Å². The van der Waals surface area contributed by atoms with Crippen molar-refractivity contribution in [2.24, 2.45) is 0 Å². The smallest absolute Gasteiger partial charge is 0.217 e. The van der Waals surface area contributed by atoms with Crippen LogP contribution in [0.15, 0.2) is 17.5 Å². The Hall–Kier alpha value is -1.34. The molecule has 13 heavy (non-hydrogen) atoms. The van der Waals surface area contributed by atoms with Crippen LogP contribution in [0.5, 0.6) is 0 Å². The maximum atomic E-state index is 10.8. The summed E-state index contributed by atoms with van der Waals surface area (Å²) in [6.07, 6.45) is 0.320. The van der Waals surface area contributed by atoms with E-state index in [1.54, 1.807) is 11.3 Å². The molecule has 0 saturated heterocycles. The molecule has 0 bridgehead atoms. The van der Waals surface area contributed by atoms with E-state index in [1.165, 1.54) is 6.92 Å². The van der Waals surface area contributed by atoms with Gasteiger partial charge in [0.1, 0.15) is 0 Å². The van der Waals surface area contributed by atoms with Crippen LogP contribution >= 0.6 is 11.3 Å². The number of nitriles is 1. The van der Waals surface area contributed by atoms with Gasteiger partial charge in [0.2, 0.25) is 5.91 Å². The van der Waals surface area contributed by atoms with E-state index < -0.39 is 0 Å². The largest absolute Gasteiger partial charge is 0.348 e. The Kier molecular flexibility index (Phi) is 3.47. The zero-order valence-electron chi connectivity index (χ0n) is 7.28. The van der Waals surface area contributed by atoms with E-state index in [-0.39, 0.29) is 11.9 Å². The lowest BCUT2D eigenvalue weighted by molar-refractivity contribution is -0.119. The zero-order chi connectivity index (χ0) is 9.68. The Balaban J connectivity index is 2.69. The Bertz CT molecular complexity index is 313. The zero-order valence-corrected chi connectivity index (χ0v) is 8.10. The van der Waals surface area contributed by atoms with E-state index in [0.29, 0.717) is 6.42 Å². The summed E-state index contributed by atoms with van der Waals surface area (Å²) in [5, 5.41) is 13.2. The molecule has 4 heteroatoms. The quantitative estimate of drug-likeness (QED) is 0.798. The van der Waals surface area contributed by atoms with E-state index in [0.717, 1.165) is 4.88 Å².